The quantitative estimate of drug-likeness (QED) is 0.532. The van der Waals surface area contributed by atoms with E-state index in [-0.39, 0.29) is 12.6 Å². The van der Waals surface area contributed by atoms with Crippen LogP contribution in [0, 0.1) is 0 Å². The molecule has 1 aromatic heterocycles. The summed E-state index contributed by atoms with van der Waals surface area (Å²) < 4.78 is 0. The summed E-state index contributed by atoms with van der Waals surface area (Å²) >= 11 is 1.30. The van der Waals surface area contributed by atoms with Crippen molar-refractivity contribution in [2.24, 2.45) is 4.99 Å². The lowest BCUT2D eigenvalue weighted by Gasteiger charge is -2.20. The molecule has 0 bridgehead atoms. The molecule has 0 radical (unpaired) electrons. The molecule has 6 heteroatoms. The molecule has 0 spiro atoms. The molecule has 0 fully saturated rings. The zero-order valence-corrected chi connectivity index (χ0v) is 16.0. The molecule has 2 aromatic carbocycles. The Morgan fingerprint density at radius 2 is 1.93 bits per heavy atom. The number of pyridine rings is 1. The zero-order chi connectivity index (χ0) is 19.3. The van der Waals surface area contributed by atoms with E-state index in [0.29, 0.717) is 16.6 Å². The molecular weight excluding hydrogens is 370 g/mol. The number of hydrogen-bond acceptors (Lipinski definition) is 5. The van der Waals surface area contributed by atoms with Crippen LogP contribution in [0.2, 0.25) is 0 Å². The van der Waals surface area contributed by atoms with Crippen LogP contribution in [-0.2, 0) is 11.2 Å². The Labute approximate surface area is 167 Å². The fourth-order valence-corrected chi connectivity index (χ4v) is 3.94. The first kappa shape index (κ1) is 18.4. The van der Waals surface area contributed by atoms with Gasteiger partial charge in [-0.05, 0) is 53.6 Å². The second kappa shape index (κ2) is 8.37. The standard InChI is InChI=1S/C22H19N3O2S/c26-15-25(12-10-16-5-2-1-3-6-16)22-24-21(27)20(28-22)14-17-8-9-19-18(13-17)7-4-11-23-19/h1-9,11,13-14,26H,10,12,15H2/b20-14-. The van der Waals surface area contributed by atoms with Crippen LogP contribution in [0.25, 0.3) is 17.0 Å². The van der Waals surface area contributed by atoms with E-state index in [0.717, 1.165) is 22.9 Å². The summed E-state index contributed by atoms with van der Waals surface area (Å²) in [6, 6.07) is 19.8. The Kier molecular flexibility index (Phi) is 5.50. The maximum atomic E-state index is 12.4. The minimum atomic E-state index is -0.274. The van der Waals surface area contributed by atoms with Gasteiger partial charge in [0.2, 0.25) is 0 Å². The molecule has 1 N–H and O–H groups in total. The first-order valence-electron chi connectivity index (χ1n) is 9.00. The van der Waals surface area contributed by atoms with Crippen LogP contribution in [0.3, 0.4) is 0 Å². The van der Waals surface area contributed by atoms with E-state index < -0.39 is 0 Å². The monoisotopic (exact) mass is 389 g/mol. The highest BCUT2D eigenvalue weighted by Gasteiger charge is 2.25. The molecule has 0 atom stereocenters. The second-order valence-electron chi connectivity index (χ2n) is 6.41. The van der Waals surface area contributed by atoms with E-state index in [1.165, 1.54) is 17.3 Å². The fraction of sp³-hybridized carbons (Fsp3) is 0.136. The molecule has 140 valence electrons. The van der Waals surface area contributed by atoms with E-state index in [1.807, 2.05) is 66.7 Å². The predicted molar refractivity (Wildman–Crippen MR) is 114 cm³/mol. The molecule has 4 rings (SSSR count). The number of carbonyl (C=O) groups excluding carboxylic acids is 1. The van der Waals surface area contributed by atoms with Gasteiger partial charge in [0.25, 0.3) is 5.91 Å². The molecule has 0 aliphatic carbocycles. The van der Waals surface area contributed by atoms with Gasteiger partial charge in [-0.1, -0.05) is 42.5 Å². The number of thioether (sulfide) groups is 1. The van der Waals surface area contributed by atoms with Gasteiger partial charge in [0.1, 0.15) is 6.73 Å². The third-order valence-corrected chi connectivity index (χ3v) is 5.53. The Balaban J connectivity index is 1.48. The summed E-state index contributed by atoms with van der Waals surface area (Å²) in [5, 5.41) is 11.3. The highest BCUT2D eigenvalue weighted by Crippen LogP contribution is 2.30. The number of amides is 1. The number of aliphatic hydroxyl groups is 1. The van der Waals surface area contributed by atoms with Crippen molar-refractivity contribution in [1.29, 1.82) is 0 Å². The normalized spacial score (nSPS) is 15.2. The van der Waals surface area contributed by atoms with Crippen LogP contribution in [0.4, 0.5) is 0 Å². The Morgan fingerprint density at radius 1 is 1.07 bits per heavy atom. The molecule has 2 heterocycles. The van der Waals surface area contributed by atoms with Gasteiger partial charge in [0, 0.05) is 18.1 Å². The molecule has 0 saturated heterocycles. The number of amidine groups is 1. The number of aromatic nitrogens is 1. The van der Waals surface area contributed by atoms with Gasteiger partial charge in [-0.3, -0.25) is 9.78 Å². The Hall–Kier alpha value is -2.96. The smallest absolute Gasteiger partial charge is 0.286 e. The van der Waals surface area contributed by atoms with E-state index in [1.54, 1.807) is 11.1 Å². The van der Waals surface area contributed by atoms with Crippen molar-refractivity contribution in [2.75, 3.05) is 13.3 Å². The maximum absolute atomic E-state index is 12.4. The third kappa shape index (κ3) is 4.13. The average molecular weight is 389 g/mol. The van der Waals surface area contributed by atoms with Gasteiger partial charge < -0.3 is 10.0 Å². The molecule has 1 aliphatic heterocycles. The molecule has 0 unspecified atom stereocenters. The average Bonchev–Trinajstić information content (AvgIpc) is 3.09. The van der Waals surface area contributed by atoms with E-state index in [4.69, 9.17) is 0 Å². The maximum Gasteiger partial charge on any atom is 0.286 e. The number of carbonyl (C=O) groups is 1. The molecular formula is C22H19N3O2S. The lowest BCUT2D eigenvalue weighted by molar-refractivity contribution is -0.113. The van der Waals surface area contributed by atoms with Gasteiger partial charge in [-0.15, -0.1) is 0 Å². The van der Waals surface area contributed by atoms with Crippen LogP contribution in [-0.4, -0.2) is 39.3 Å². The van der Waals surface area contributed by atoms with Gasteiger partial charge in [-0.25, -0.2) is 0 Å². The lowest BCUT2D eigenvalue weighted by atomic mass is 10.1. The minimum Gasteiger partial charge on any atom is -0.376 e. The number of hydrogen-bond donors (Lipinski definition) is 1. The number of aliphatic imine (C=N–C) groups is 1. The number of rotatable bonds is 5. The summed E-state index contributed by atoms with van der Waals surface area (Å²) in [7, 11) is 0. The summed E-state index contributed by atoms with van der Waals surface area (Å²) in [5.74, 6) is -0.274. The van der Waals surface area contributed by atoms with Crippen molar-refractivity contribution in [2.45, 2.75) is 6.42 Å². The van der Waals surface area contributed by atoms with E-state index in [9.17, 15) is 9.90 Å². The number of fused-ring (bicyclic) bond motifs is 1. The molecule has 3 aromatic rings. The van der Waals surface area contributed by atoms with Crippen LogP contribution < -0.4 is 0 Å². The topological polar surface area (TPSA) is 65.8 Å². The number of benzene rings is 2. The summed E-state index contributed by atoms with van der Waals surface area (Å²) in [6.07, 6.45) is 4.37. The van der Waals surface area contributed by atoms with E-state index in [2.05, 4.69) is 9.98 Å². The number of aliphatic hydroxyl groups excluding tert-OH is 1. The van der Waals surface area contributed by atoms with Crippen molar-refractivity contribution in [1.82, 2.24) is 9.88 Å². The van der Waals surface area contributed by atoms with Gasteiger partial charge in [0.05, 0.1) is 10.4 Å². The fourth-order valence-electron chi connectivity index (χ4n) is 3.00. The summed E-state index contributed by atoms with van der Waals surface area (Å²) in [4.78, 5) is 23.1. The highest BCUT2D eigenvalue weighted by molar-refractivity contribution is 8.18. The van der Waals surface area contributed by atoms with Gasteiger partial charge in [0.15, 0.2) is 5.17 Å². The first-order chi connectivity index (χ1) is 13.7. The van der Waals surface area contributed by atoms with Crippen molar-refractivity contribution in [3.05, 3.63) is 82.9 Å². The summed E-state index contributed by atoms with van der Waals surface area (Å²) in [5.41, 5.74) is 3.02. The van der Waals surface area contributed by atoms with Crippen molar-refractivity contribution < 1.29 is 9.90 Å². The molecule has 1 amide bonds. The molecule has 28 heavy (non-hydrogen) atoms. The van der Waals surface area contributed by atoms with Crippen molar-refractivity contribution in [3.63, 3.8) is 0 Å². The molecule has 5 nitrogen and oxygen atoms in total. The predicted octanol–water partition coefficient (Wildman–Crippen LogP) is 3.70. The van der Waals surface area contributed by atoms with Crippen LogP contribution >= 0.6 is 11.8 Å². The summed E-state index contributed by atoms with van der Waals surface area (Å²) in [6.45, 7) is 0.412. The molecule has 0 saturated carbocycles. The lowest BCUT2D eigenvalue weighted by Crippen LogP contribution is -2.31. The van der Waals surface area contributed by atoms with Crippen LogP contribution in [0.15, 0.2) is 76.8 Å². The third-order valence-electron chi connectivity index (χ3n) is 4.49. The van der Waals surface area contributed by atoms with Crippen LogP contribution in [0.1, 0.15) is 11.1 Å². The molecule has 1 aliphatic rings. The van der Waals surface area contributed by atoms with Crippen molar-refractivity contribution >= 4 is 39.8 Å². The minimum absolute atomic E-state index is 0.180. The van der Waals surface area contributed by atoms with Gasteiger partial charge in [-0.2, -0.15) is 4.99 Å². The Morgan fingerprint density at radius 3 is 2.75 bits per heavy atom. The van der Waals surface area contributed by atoms with Gasteiger partial charge >= 0.3 is 0 Å². The Bertz CT molecular complexity index is 1060. The largest absolute Gasteiger partial charge is 0.376 e. The van der Waals surface area contributed by atoms with Crippen molar-refractivity contribution in [3.8, 4) is 0 Å². The second-order valence-corrected chi connectivity index (χ2v) is 7.42. The SMILES string of the molecule is O=C1N=C(N(CO)CCc2ccccc2)S/C1=C\c1ccc2ncccc2c1. The van der Waals surface area contributed by atoms with E-state index >= 15 is 0 Å². The van der Waals surface area contributed by atoms with Crippen LogP contribution in [0.5, 0.6) is 0 Å². The zero-order valence-electron chi connectivity index (χ0n) is 15.2. The number of nitrogens with zero attached hydrogens (tertiary/aromatic N) is 3. The first-order valence-corrected chi connectivity index (χ1v) is 9.82. The highest BCUT2D eigenvalue weighted by atomic mass is 32.2.